The van der Waals surface area contributed by atoms with Crippen LogP contribution in [0.2, 0.25) is 0 Å². The first-order chi connectivity index (χ1) is 11.7. The maximum Gasteiger partial charge on any atom is 0.305 e. The molecule has 0 radical (unpaired) electrons. The summed E-state index contributed by atoms with van der Waals surface area (Å²) in [5.41, 5.74) is 1.01. The molecule has 0 fully saturated rings. The molecule has 0 heterocycles. The van der Waals surface area contributed by atoms with Gasteiger partial charge in [-0.3, -0.25) is 9.59 Å². The second-order valence-electron chi connectivity index (χ2n) is 6.72. The summed E-state index contributed by atoms with van der Waals surface area (Å²) in [4.78, 5) is 23.0. The lowest BCUT2D eigenvalue weighted by molar-refractivity contribution is -0.140. The Morgan fingerprint density at radius 3 is 2.54 bits per heavy atom. The molecule has 0 aromatic rings. The van der Waals surface area contributed by atoms with Crippen LogP contribution in [0.25, 0.3) is 0 Å². The fourth-order valence-corrected chi connectivity index (χ4v) is 3.18. The van der Waals surface area contributed by atoms with E-state index in [1.807, 2.05) is 0 Å². The minimum atomic E-state index is -0.122. The van der Waals surface area contributed by atoms with Gasteiger partial charge >= 0.3 is 5.97 Å². The maximum atomic E-state index is 12.0. The first-order valence-electron chi connectivity index (χ1n) is 9.68. The van der Waals surface area contributed by atoms with E-state index in [0.29, 0.717) is 12.3 Å². The van der Waals surface area contributed by atoms with Crippen molar-refractivity contribution in [2.24, 2.45) is 5.92 Å². The Bertz CT molecular complexity index is 434. The molecule has 0 N–H and O–H groups in total. The van der Waals surface area contributed by atoms with Crippen molar-refractivity contribution in [3.8, 4) is 0 Å². The zero-order chi connectivity index (χ0) is 17.6. The second kappa shape index (κ2) is 13.0. The number of hydrogen-bond donors (Lipinski definition) is 0. The summed E-state index contributed by atoms with van der Waals surface area (Å²) >= 11 is 0. The average molecular weight is 335 g/mol. The Morgan fingerprint density at radius 2 is 1.79 bits per heavy atom. The molecule has 0 aromatic carbocycles. The molecule has 0 bridgehead atoms. The van der Waals surface area contributed by atoms with Crippen molar-refractivity contribution < 1.29 is 14.3 Å². The Labute approximate surface area is 147 Å². The van der Waals surface area contributed by atoms with E-state index in [2.05, 4.69) is 23.8 Å². The smallest absolute Gasteiger partial charge is 0.305 e. The van der Waals surface area contributed by atoms with E-state index >= 15 is 0 Å². The fraction of sp³-hybridized carbons (Fsp3) is 0.714. The minimum Gasteiger partial charge on any atom is -0.469 e. The van der Waals surface area contributed by atoms with Crippen LogP contribution in [-0.2, 0) is 14.3 Å². The number of ether oxygens (including phenoxy) is 1. The van der Waals surface area contributed by atoms with Crippen molar-refractivity contribution in [2.45, 2.75) is 84.0 Å². The minimum absolute atomic E-state index is 0.122. The Kier molecular flexibility index (Phi) is 11.2. The topological polar surface area (TPSA) is 43.4 Å². The highest BCUT2D eigenvalue weighted by atomic mass is 16.5. The van der Waals surface area contributed by atoms with Crippen LogP contribution in [0.3, 0.4) is 0 Å². The summed E-state index contributed by atoms with van der Waals surface area (Å²) in [5.74, 6) is 0.400. The standard InChI is InChI=1S/C21H34O3/c1-3-4-5-6-7-11-14-19-18(16-17-20(19)22)13-10-8-9-12-15-21(23)24-2/h14,16-18H,3-13,15H2,1-2H3/b19-14+/t18-/m1/s1. The van der Waals surface area contributed by atoms with E-state index in [9.17, 15) is 9.59 Å². The highest BCUT2D eigenvalue weighted by Gasteiger charge is 2.21. The first-order valence-corrected chi connectivity index (χ1v) is 9.68. The first kappa shape index (κ1) is 20.7. The molecule has 0 aromatic heterocycles. The van der Waals surface area contributed by atoms with Crippen molar-refractivity contribution in [3.63, 3.8) is 0 Å². The van der Waals surface area contributed by atoms with Gasteiger partial charge in [0.1, 0.15) is 0 Å². The van der Waals surface area contributed by atoms with Crippen LogP contribution >= 0.6 is 0 Å². The molecular weight excluding hydrogens is 300 g/mol. The highest BCUT2D eigenvalue weighted by Crippen LogP contribution is 2.27. The number of unbranched alkanes of at least 4 members (excludes halogenated alkanes) is 8. The monoisotopic (exact) mass is 334 g/mol. The zero-order valence-corrected chi connectivity index (χ0v) is 15.5. The molecule has 3 heteroatoms. The lowest BCUT2D eigenvalue weighted by Crippen LogP contribution is -2.03. The number of esters is 1. The van der Waals surface area contributed by atoms with Gasteiger partial charge in [-0.15, -0.1) is 0 Å². The largest absolute Gasteiger partial charge is 0.469 e. The summed E-state index contributed by atoms with van der Waals surface area (Å²) < 4.78 is 4.64. The number of ketones is 1. The van der Waals surface area contributed by atoms with Gasteiger partial charge in [-0.05, 0) is 31.8 Å². The molecule has 0 unspecified atom stereocenters. The molecule has 3 nitrogen and oxygen atoms in total. The number of carbonyl (C=O) groups excluding carboxylic acids is 2. The van der Waals surface area contributed by atoms with Crippen molar-refractivity contribution in [3.05, 3.63) is 23.8 Å². The number of carbonyl (C=O) groups is 2. The summed E-state index contributed by atoms with van der Waals surface area (Å²) in [5, 5.41) is 0. The van der Waals surface area contributed by atoms with Crippen molar-refractivity contribution >= 4 is 11.8 Å². The molecule has 1 aliphatic rings. The van der Waals surface area contributed by atoms with Crippen molar-refractivity contribution in [1.82, 2.24) is 0 Å². The van der Waals surface area contributed by atoms with Crippen LogP contribution in [0, 0.1) is 5.92 Å². The van der Waals surface area contributed by atoms with Crippen molar-refractivity contribution in [2.75, 3.05) is 7.11 Å². The molecule has 0 amide bonds. The second-order valence-corrected chi connectivity index (χ2v) is 6.72. The van der Waals surface area contributed by atoms with Crippen LogP contribution in [0.4, 0.5) is 0 Å². The van der Waals surface area contributed by atoms with Gasteiger partial charge in [0.25, 0.3) is 0 Å². The van der Waals surface area contributed by atoms with Gasteiger partial charge in [0.15, 0.2) is 5.78 Å². The molecule has 0 saturated carbocycles. The lowest BCUT2D eigenvalue weighted by atomic mass is 9.94. The third-order valence-electron chi connectivity index (χ3n) is 4.71. The van der Waals surface area contributed by atoms with Crippen LogP contribution in [0.15, 0.2) is 23.8 Å². The SMILES string of the molecule is CCCCCCC/C=C1/C(=O)C=C[C@H]1CCCCCCC(=O)OC. The molecule has 0 aliphatic heterocycles. The van der Waals surface area contributed by atoms with E-state index in [1.54, 1.807) is 6.08 Å². The van der Waals surface area contributed by atoms with Gasteiger partial charge in [-0.25, -0.2) is 0 Å². The summed E-state index contributed by atoms with van der Waals surface area (Å²) in [6, 6.07) is 0. The number of rotatable bonds is 13. The fourth-order valence-electron chi connectivity index (χ4n) is 3.18. The van der Waals surface area contributed by atoms with Gasteiger partial charge in [0, 0.05) is 17.9 Å². The molecule has 136 valence electrons. The number of methoxy groups -OCH3 is 1. The van der Waals surface area contributed by atoms with Crippen molar-refractivity contribution in [1.29, 1.82) is 0 Å². The summed E-state index contributed by atoms with van der Waals surface area (Å²) in [6.45, 7) is 2.23. The van der Waals surface area contributed by atoms with Gasteiger partial charge in [0.05, 0.1) is 7.11 Å². The quantitative estimate of drug-likeness (QED) is 0.252. The predicted octanol–water partition coefficient (Wildman–Crippen LogP) is 5.54. The van der Waals surface area contributed by atoms with E-state index in [1.165, 1.54) is 39.2 Å². The normalized spacial score (nSPS) is 18.5. The molecule has 1 aliphatic carbocycles. The van der Waals surface area contributed by atoms with Gasteiger partial charge in [0.2, 0.25) is 0 Å². The number of hydrogen-bond acceptors (Lipinski definition) is 3. The molecule has 0 saturated heterocycles. The third-order valence-corrected chi connectivity index (χ3v) is 4.71. The van der Waals surface area contributed by atoms with Gasteiger partial charge in [-0.2, -0.15) is 0 Å². The Morgan fingerprint density at radius 1 is 1.08 bits per heavy atom. The third kappa shape index (κ3) is 8.47. The van der Waals surface area contributed by atoms with Crippen LogP contribution in [0.5, 0.6) is 0 Å². The highest BCUT2D eigenvalue weighted by molar-refractivity contribution is 6.07. The molecular formula is C21H34O3. The molecule has 24 heavy (non-hydrogen) atoms. The van der Waals surface area contributed by atoms with Crippen LogP contribution in [0.1, 0.15) is 84.0 Å². The molecule has 1 atom stereocenters. The van der Waals surface area contributed by atoms with Crippen LogP contribution < -0.4 is 0 Å². The maximum absolute atomic E-state index is 12.0. The van der Waals surface area contributed by atoms with Crippen LogP contribution in [-0.4, -0.2) is 18.9 Å². The average Bonchev–Trinajstić information content (AvgIpc) is 2.94. The van der Waals surface area contributed by atoms with Gasteiger partial charge < -0.3 is 4.74 Å². The van der Waals surface area contributed by atoms with E-state index in [-0.39, 0.29) is 11.8 Å². The van der Waals surface area contributed by atoms with E-state index in [4.69, 9.17) is 0 Å². The van der Waals surface area contributed by atoms with Gasteiger partial charge in [-0.1, -0.05) is 64.0 Å². The molecule has 0 spiro atoms. The predicted molar refractivity (Wildman–Crippen MR) is 98.8 cm³/mol. The summed E-state index contributed by atoms with van der Waals surface area (Å²) in [6.07, 6.45) is 19.1. The molecule has 1 rings (SSSR count). The lowest BCUT2D eigenvalue weighted by Gasteiger charge is -2.10. The Hall–Kier alpha value is -1.38. The number of allylic oxidation sites excluding steroid dienone is 4. The zero-order valence-electron chi connectivity index (χ0n) is 15.5. The van der Waals surface area contributed by atoms with E-state index < -0.39 is 0 Å². The van der Waals surface area contributed by atoms with E-state index in [0.717, 1.165) is 44.1 Å². The summed E-state index contributed by atoms with van der Waals surface area (Å²) in [7, 11) is 1.43. The Balaban J connectivity index is 2.19.